The number of morpholine rings is 1. The van der Waals surface area contributed by atoms with E-state index in [1.807, 2.05) is 30.0 Å². The van der Waals surface area contributed by atoms with E-state index in [9.17, 15) is 4.79 Å². The van der Waals surface area contributed by atoms with Crippen LogP contribution in [0.1, 0.15) is 49.0 Å². The molecule has 0 aliphatic carbocycles. The topological polar surface area (TPSA) is 38.8 Å². The van der Waals surface area contributed by atoms with E-state index >= 15 is 0 Å². The molecule has 0 N–H and O–H groups in total. The Balaban J connectivity index is 2.02. The molecule has 1 aromatic carbocycles. The highest BCUT2D eigenvalue weighted by molar-refractivity contribution is 5.98. The van der Waals surface area contributed by atoms with Gasteiger partial charge >= 0.3 is 0 Å². The van der Waals surface area contributed by atoms with E-state index in [4.69, 9.17) is 9.47 Å². The first-order chi connectivity index (χ1) is 11.0. The summed E-state index contributed by atoms with van der Waals surface area (Å²) in [4.78, 5) is 14.8. The number of carbonyl (C=O) groups is 1. The molecular weight excluding hydrogens is 290 g/mol. The number of carbonyl (C=O) groups excluding carboxylic acids is 1. The van der Waals surface area contributed by atoms with Crippen LogP contribution >= 0.6 is 0 Å². The lowest BCUT2D eigenvalue weighted by Gasteiger charge is -2.33. The van der Waals surface area contributed by atoms with Gasteiger partial charge in [-0.2, -0.15) is 0 Å². The molecule has 1 fully saturated rings. The number of amides is 1. The minimum atomic E-state index is 0.0529. The first-order valence-corrected chi connectivity index (χ1v) is 8.57. The molecular formula is C19H29NO3. The fourth-order valence-electron chi connectivity index (χ4n) is 3.08. The van der Waals surface area contributed by atoms with E-state index in [2.05, 4.69) is 13.8 Å². The highest BCUT2D eigenvalue weighted by Gasteiger charge is 2.27. The Bertz CT molecular complexity index is 527. The zero-order chi connectivity index (χ0) is 16.8. The number of aryl methyl sites for hydroxylation is 1. The van der Waals surface area contributed by atoms with Gasteiger partial charge < -0.3 is 14.4 Å². The number of rotatable bonds is 6. The second-order valence-electron chi connectivity index (χ2n) is 6.72. The van der Waals surface area contributed by atoms with Crippen LogP contribution < -0.4 is 4.74 Å². The molecule has 1 aromatic rings. The quantitative estimate of drug-likeness (QED) is 0.803. The first-order valence-electron chi connectivity index (χ1n) is 8.57. The Morgan fingerprint density at radius 3 is 2.91 bits per heavy atom. The number of ether oxygens (including phenoxy) is 2. The van der Waals surface area contributed by atoms with E-state index in [1.54, 1.807) is 7.11 Å². The summed E-state index contributed by atoms with van der Waals surface area (Å²) in [6, 6.07) is 5.72. The second kappa shape index (κ2) is 8.34. The Hall–Kier alpha value is -1.55. The van der Waals surface area contributed by atoms with Crippen molar-refractivity contribution in [2.75, 3.05) is 26.8 Å². The standard InChI is InChI=1S/C19H29NO3/c1-14(2)7-5-9-16-13-20(11-12-23-16)19(21)18-15(3)8-6-10-17(18)22-4/h6,8,10,14,16H,5,7,9,11-13H2,1-4H3/t16-/m1/s1. The maximum atomic E-state index is 12.9. The number of hydrogen-bond acceptors (Lipinski definition) is 3. The van der Waals surface area contributed by atoms with Crippen molar-refractivity contribution in [1.82, 2.24) is 4.90 Å². The third-order valence-corrected chi connectivity index (χ3v) is 4.40. The molecule has 1 saturated heterocycles. The maximum Gasteiger partial charge on any atom is 0.258 e. The number of hydrogen-bond donors (Lipinski definition) is 0. The zero-order valence-corrected chi connectivity index (χ0v) is 14.8. The van der Waals surface area contributed by atoms with Crippen molar-refractivity contribution in [2.24, 2.45) is 5.92 Å². The van der Waals surface area contributed by atoms with E-state index in [1.165, 1.54) is 6.42 Å². The Labute approximate surface area is 139 Å². The van der Waals surface area contributed by atoms with Crippen LogP contribution in [0.25, 0.3) is 0 Å². The summed E-state index contributed by atoms with van der Waals surface area (Å²) >= 11 is 0. The smallest absolute Gasteiger partial charge is 0.258 e. The van der Waals surface area contributed by atoms with Crippen molar-refractivity contribution >= 4 is 5.91 Å². The monoisotopic (exact) mass is 319 g/mol. The van der Waals surface area contributed by atoms with Crippen LogP contribution in [-0.4, -0.2) is 43.7 Å². The molecule has 1 aliphatic rings. The van der Waals surface area contributed by atoms with Crippen molar-refractivity contribution in [1.29, 1.82) is 0 Å². The molecule has 4 nitrogen and oxygen atoms in total. The van der Waals surface area contributed by atoms with Gasteiger partial charge in [-0.05, 0) is 30.9 Å². The van der Waals surface area contributed by atoms with Crippen LogP contribution in [-0.2, 0) is 4.74 Å². The fourth-order valence-corrected chi connectivity index (χ4v) is 3.08. The molecule has 4 heteroatoms. The SMILES string of the molecule is COc1cccc(C)c1C(=O)N1CCO[C@H](CCCC(C)C)C1. The average Bonchev–Trinajstić information content (AvgIpc) is 2.54. The molecule has 128 valence electrons. The van der Waals surface area contributed by atoms with Crippen molar-refractivity contribution in [3.8, 4) is 5.75 Å². The summed E-state index contributed by atoms with van der Waals surface area (Å²) in [5, 5.41) is 0. The lowest BCUT2D eigenvalue weighted by molar-refractivity contribution is -0.0261. The fraction of sp³-hybridized carbons (Fsp3) is 0.632. The van der Waals surface area contributed by atoms with Crippen LogP contribution in [0, 0.1) is 12.8 Å². The summed E-state index contributed by atoms with van der Waals surface area (Å²) in [6.07, 6.45) is 3.53. The van der Waals surface area contributed by atoms with Crippen molar-refractivity contribution in [3.63, 3.8) is 0 Å². The predicted molar refractivity (Wildman–Crippen MR) is 92.1 cm³/mol. The molecule has 1 aliphatic heterocycles. The van der Waals surface area contributed by atoms with Gasteiger partial charge in [0, 0.05) is 13.1 Å². The molecule has 2 rings (SSSR count). The molecule has 23 heavy (non-hydrogen) atoms. The summed E-state index contributed by atoms with van der Waals surface area (Å²) in [5.41, 5.74) is 1.63. The number of nitrogens with zero attached hydrogens (tertiary/aromatic N) is 1. The lowest BCUT2D eigenvalue weighted by atomic mass is 10.0. The van der Waals surface area contributed by atoms with Crippen molar-refractivity contribution in [3.05, 3.63) is 29.3 Å². The van der Waals surface area contributed by atoms with Gasteiger partial charge in [0.25, 0.3) is 5.91 Å². The van der Waals surface area contributed by atoms with Crippen LogP contribution in [0.2, 0.25) is 0 Å². The van der Waals surface area contributed by atoms with Gasteiger partial charge in [0.2, 0.25) is 0 Å². The highest BCUT2D eigenvalue weighted by Crippen LogP contribution is 2.25. The lowest BCUT2D eigenvalue weighted by Crippen LogP contribution is -2.45. The molecule has 0 bridgehead atoms. The molecule has 1 amide bonds. The van der Waals surface area contributed by atoms with Gasteiger partial charge in [0.05, 0.1) is 25.4 Å². The molecule has 1 atom stereocenters. The van der Waals surface area contributed by atoms with Gasteiger partial charge in [-0.3, -0.25) is 4.79 Å². The van der Waals surface area contributed by atoms with Crippen molar-refractivity contribution in [2.45, 2.75) is 46.1 Å². The first kappa shape index (κ1) is 17.8. The normalized spacial score (nSPS) is 18.3. The predicted octanol–water partition coefficient (Wildman–Crippen LogP) is 3.67. The van der Waals surface area contributed by atoms with Gasteiger partial charge in [-0.15, -0.1) is 0 Å². The number of methoxy groups -OCH3 is 1. The third-order valence-electron chi connectivity index (χ3n) is 4.40. The Morgan fingerprint density at radius 1 is 1.43 bits per heavy atom. The van der Waals surface area contributed by atoms with Crippen LogP contribution in [0.5, 0.6) is 5.75 Å². The molecule has 1 heterocycles. The molecule has 0 radical (unpaired) electrons. The molecule has 0 spiro atoms. The van der Waals surface area contributed by atoms with Gasteiger partial charge in [0.15, 0.2) is 0 Å². The van der Waals surface area contributed by atoms with Gasteiger partial charge in [-0.1, -0.05) is 38.8 Å². The minimum absolute atomic E-state index is 0.0529. The summed E-state index contributed by atoms with van der Waals surface area (Å²) < 4.78 is 11.2. The van der Waals surface area contributed by atoms with E-state index in [0.29, 0.717) is 36.9 Å². The molecule has 0 aromatic heterocycles. The van der Waals surface area contributed by atoms with Crippen LogP contribution in [0.4, 0.5) is 0 Å². The third kappa shape index (κ3) is 4.71. The summed E-state index contributed by atoms with van der Waals surface area (Å²) in [6.45, 7) is 8.37. The van der Waals surface area contributed by atoms with Gasteiger partial charge in [-0.25, -0.2) is 0 Å². The van der Waals surface area contributed by atoms with E-state index in [-0.39, 0.29) is 12.0 Å². The minimum Gasteiger partial charge on any atom is -0.496 e. The summed E-state index contributed by atoms with van der Waals surface area (Å²) in [5.74, 6) is 1.42. The van der Waals surface area contributed by atoms with E-state index in [0.717, 1.165) is 18.4 Å². The van der Waals surface area contributed by atoms with Gasteiger partial charge in [0.1, 0.15) is 5.75 Å². The highest BCUT2D eigenvalue weighted by atomic mass is 16.5. The second-order valence-corrected chi connectivity index (χ2v) is 6.72. The van der Waals surface area contributed by atoms with Crippen LogP contribution in [0.15, 0.2) is 18.2 Å². The maximum absolute atomic E-state index is 12.9. The van der Waals surface area contributed by atoms with Crippen molar-refractivity contribution < 1.29 is 14.3 Å². The average molecular weight is 319 g/mol. The number of benzene rings is 1. The van der Waals surface area contributed by atoms with Crippen LogP contribution in [0.3, 0.4) is 0 Å². The summed E-state index contributed by atoms with van der Waals surface area (Å²) in [7, 11) is 1.61. The zero-order valence-electron chi connectivity index (χ0n) is 14.8. The molecule has 0 saturated carbocycles. The Kier molecular flexibility index (Phi) is 6.46. The largest absolute Gasteiger partial charge is 0.496 e. The Morgan fingerprint density at radius 2 is 2.22 bits per heavy atom. The molecule has 0 unspecified atom stereocenters. The van der Waals surface area contributed by atoms with E-state index < -0.39 is 0 Å².